The van der Waals surface area contributed by atoms with Crippen molar-refractivity contribution in [2.24, 2.45) is 11.3 Å². The van der Waals surface area contributed by atoms with Crippen LogP contribution >= 0.6 is 11.3 Å². The molecule has 25 heavy (non-hydrogen) atoms. The third-order valence-electron chi connectivity index (χ3n) is 5.21. The fourth-order valence-electron chi connectivity index (χ4n) is 3.61. The lowest BCUT2D eigenvalue weighted by molar-refractivity contribution is 0.0905. The number of hydrogen-bond donors (Lipinski definition) is 2. The van der Waals surface area contributed by atoms with Gasteiger partial charge in [-0.2, -0.15) is 0 Å². The summed E-state index contributed by atoms with van der Waals surface area (Å²) in [5.74, 6) is 0.618. The van der Waals surface area contributed by atoms with Gasteiger partial charge in [0.2, 0.25) is 5.88 Å². The number of amides is 1. The smallest absolute Gasteiger partial charge is 0.259 e. The van der Waals surface area contributed by atoms with E-state index in [1.165, 1.54) is 0 Å². The minimum absolute atomic E-state index is 0.0851. The van der Waals surface area contributed by atoms with Gasteiger partial charge in [0.25, 0.3) is 5.91 Å². The molecule has 1 amide bonds. The van der Waals surface area contributed by atoms with Gasteiger partial charge >= 0.3 is 0 Å². The quantitative estimate of drug-likeness (QED) is 0.835. The summed E-state index contributed by atoms with van der Waals surface area (Å²) in [6.07, 6.45) is 4.30. The van der Waals surface area contributed by atoms with Gasteiger partial charge in [-0.25, -0.2) is 0 Å². The topological polar surface area (TPSA) is 81.2 Å². The van der Waals surface area contributed by atoms with Gasteiger partial charge in [0.05, 0.1) is 4.88 Å². The Hall–Kier alpha value is -1.82. The molecule has 1 aliphatic carbocycles. The Morgan fingerprint density at radius 2 is 1.96 bits per heavy atom. The normalized spacial score (nSPS) is 21.3. The van der Waals surface area contributed by atoms with Crippen LogP contribution in [-0.2, 0) is 0 Å². The van der Waals surface area contributed by atoms with Crippen molar-refractivity contribution in [3.8, 4) is 10.6 Å². The molecule has 2 aromatic rings. The number of thiophene rings is 1. The van der Waals surface area contributed by atoms with E-state index in [2.05, 4.69) is 31.2 Å². The van der Waals surface area contributed by atoms with Gasteiger partial charge in [-0.1, -0.05) is 25.9 Å². The van der Waals surface area contributed by atoms with Crippen molar-refractivity contribution in [2.45, 2.75) is 59.4 Å². The van der Waals surface area contributed by atoms with Crippen LogP contribution in [-0.4, -0.2) is 17.1 Å². The van der Waals surface area contributed by atoms with Crippen LogP contribution in [0.25, 0.3) is 10.6 Å². The third-order valence-corrected chi connectivity index (χ3v) is 6.21. The third kappa shape index (κ3) is 3.89. The summed E-state index contributed by atoms with van der Waals surface area (Å²) in [4.78, 5) is 14.8. The molecule has 0 bridgehead atoms. The van der Waals surface area contributed by atoms with E-state index in [1.54, 1.807) is 11.3 Å². The van der Waals surface area contributed by atoms with Crippen molar-refractivity contribution in [1.82, 2.24) is 10.5 Å². The highest BCUT2D eigenvalue weighted by Gasteiger charge is 2.31. The van der Waals surface area contributed by atoms with E-state index in [1.807, 2.05) is 19.1 Å². The molecule has 0 spiro atoms. The number of nitrogens with zero attached hydrogens (tertiary/aromatic N) is 1. The molecule has 6 heteroatoms. The molecule has 0 saturated heterocycles. The van der Waals surface area contributed by atoms with Gasteiger partial charge in [0.15, 0.2) is 0 Å². The lowest BCUT2D eigenvalue weighted by Crippen LogP contribution is -2.39. The molecule has 0 unspecified atom stereocenters. The molecule has 0 aliphatic heterocycles. The van der Waals surface area contributed by atoms with Crippen molar-refractivity contribution < 1.29 is 9.32 Å². The average molecular weight is 362 g/mol. The predicted octanol–water partition coefficient (Wildman–Crippen LogP) is 4.63. The molecule has 2 heterocycles. The summed E-state index contributed by atoms with van der Waals surface area (Å²) in [7, 11) is 0. The molecule has 1 saturated carbocycles. The summed E-state index contributed by atoms with van der Waals surface area (Å²) >= 11 is 1.58. The maximum Gasteiger partial charge on any atom is 0.259 e. The second kappa shape index (κ2) is 6.83. The largest absolute Gasteiger partial charge is 0.367 e. The van der Waals surface area contributed by atoms with Crippen LogP contribution in [0.1, 0.15) is 61.7 Å². The summed E-state index contributed by atoms with van der Waals surface area (Å²) in [6.45, 7) is 8.90. The van der Waals surface area contributed by atoms with E-state index in [4.69, 9.17) is 10.3 Å². The number of carbonyl (C=O) groups excluding carboxylic acids is 1. The van der Waals surface area contributed by atoms with Gasteiger partial charge in [-0.15, -0.1) is 11.3 Å². The fourth-order valence-corrected chi connectivity index (χ4v) is 4.47. The number of carbonyl (C=O) groups is 1. The number of nitrogens with one attached hydrogen (secondary N) is 1. The van der Waals surface area contributed by atoms with E-state index in [0.29, 0.717) is 22.6 Å². The van der Waals surface area contributed by atoms with E-state index >= 15 is 0 Å². The highest BCUT2D eigenvalue weighted by atomic mass is 32.1. The number of rotatable bonds is 3. The average Bonchev–Trinajstić information content (AvgIpc) is 3.12. The van der Waals surface area contributed by atoms with Gasteiger partial charge < -0.3 is 15.6 Å². The van der Waals surface area contributed by atoms with Crippen molar-refractivity contribution in [3.63, 3.8) is 0 Å². The lowest BCUT2D eigenvalue weighted by Gasteiger charge is -2.37. The lowest BCUT2D eigenvalue weighted by atomic mass is 9.71. The number of nitrogens with two attached hydrogens (primary N) is 1. The van der Waals surface area contributed by atoms with E-state index in [9.17, 15) is 4.79 Å². The molecule has 5 nitrogen and oxygen atoms in total. The second-order valence-electron chi connectivity index (χ2n) is 8.07. The zero-order valence-electron chi connectivity index (χ0n) is 15.4. The zero-order chi connectivity index (χ0) is 18.2. The maximum absolute atomic E-state index is 12.8. The van der Waals surface area contributed by atoms with Crippen LogP contribution in [0.15, 0.2) is 16.7 Å². The summed E-state index contributed by atoms with van der Waals surface area (Å²) in [6, 6.07) is 4.14. The summed E-state index contributed by atoms with van der Waals surface area (Å²) < 4.78 is 5.10. The Labute approximate surface area is 153 Å². The molecule has 0 atom stereocenters. The summed E-state index contributed by atoms with van der Waals surface area (Å²) in [5, 5.41) is 7.14. The number of hydrogen-bond acceptors (Lipinski definition) is 5. The maximum atomic E-state index is 12.8. The van der Waals surface area contributed by atoms with E-state index < -0.39 is 0 Å². The standard InChI is InChI=1S/C19H27N3O2S/c1-11-5-10-14(25-11)16-15(17(20)24-22-16)18(23)21-13-8-6-12(7-9-13)19(2,3)4/h5,10,12-13H,6-9,20H2,1-4H3,(H,21,23). The van der Waals surface area contributed by atoms with Crippen molar-refractivity contribution >= 4 is 23.1 Å². The molecule has 3 rings (SSSR count). The molecule has 1 aliphatic rings. The van der Waals surface area contributed by atoms with E-state index in [-0.39, 0.29) is 17.8 Å². The highest BCUT2D eigenvalue weighted by Crippen LogP contribution is 2.38. The van der Waals surface area contributed by atoms with Gasteiger partial charge in [-0.05, 0) is 56.1 Å². The molecule has 1 fully saturated rings. The first-order valence-corrected chi connectivity index (χ1v) is 9.70. The Bertz CT molecular complexity index is 749. The Morgan fingerprint density at radius 1 is 1.28 bits per heavy atom. The van der Waals surface area contributed by atoms with Crippen molar-refractivity contribution in [1.29, 1.82) is 0 Å². The minimum atomic E-state index is -0.181. The Kier molecular flexibility index (Phi) is 4.91. The van der Waals surface area contributed by atoms with Crippen molar-refractivity contribution in [3.05, 3.63) is 22.6 Å². The van der Waals surface area contributed by atoms with Gasteiger partial charge in [0, 0.05) is 10.9 Å². The van der Waals surface area contributed by atoms with Crippen molar-refractivity contribution in [2.75, 3.05) is 5.73 Å². The molecule has 0 radical (unpaired) electrons. The van der Waals surface area contributed by atoms with Crippen LogP contribution in [0.4, 0.5) is 5.88 Å². The molecule has 3 N–H and O–H groups in total. The number of aromatic nitrogens is 1. The Morgan fingerprint density at radius 3 is 2.52 bits per heavy atom. The van der Waals surface area contributed by atoms with Crippen LogP contribution in [0, 0.1) is 18.3 Å². The molecule has 2 aromatic heterocycles. The van der Waals surface area contributed by atoms with Crippen LogP contribution < -0.4 is 11.1 Å². The first kappa shape index (κ1) is 18.0. The van der Waals surface area contributed by atoms with Crippen LogP contribution in [0.3, 0.4) is 0 Å². The molecular weight excluding hydrogens is 334 g/mol. The molecule has 0 aromatic carbocycles. The number of anilines is 1. The minimum Gasteiger partial charge on any atom is -0.367 e. The van der Waals surface area contributed by atoms with Gasteiger partial charge in [-0.3, -0.25) is 4.79 Å². The monoisotopic (exact) mass is 361 g/mol. The first-order valence-electron chi connectivity index (χ1n) is 8.88. The van der Waals surface area contributed by atoms with Crippen LogP contribution in [0.5, 0.6) is 0 Å². The van der Waals surface area contributed by atoms with Crippen LogP contribution in [0.2, 0.25) is 0 Å². The predicted molar refractivity (Wildman–Crippen MR) is 102 cm³/mol. The zero-order valence-corrected chi connectivity index (χ0v) is 16.2. The molecular formula is C19H27N3O2S. The first-order chi connectivity index (χ1) is 11.8. The van der Waals surface area contributed by atoms with Gasteiger partial charge in [0.1, 0.15) is 11.3 Å². The highest BCUT2D eigenvalue weighted by molar-refractivity contribution is 7.15. The second-order valence-corrected chi connectivity index (χ2v) is 9.36. The van der Waals surface area contributed by atoms with E-state index in [0.717, 1.165) is 35.4 Å². The Balaban J connectivity index is 1.70. The number of aryl methyl sites for hydroxylation is 1. The fraction of sp³-hybridized carbons (Fsp3) is 0.579. The summed E-state index contributed by atoms with van der Waals surface area (Å²) in [5.41, 5.74) is 7.12. The number of nitrogen functional groups attached to an aromatic ring is 1. The SMILES string of the molecule is Cc1ccc(-c2noc(N)c2C(=O)NC2CCC(C(C)(C)C)CC2)s1. The molecule has 136 valence electrons.